The summed E-state index contributed by atoms with van der Waals surface area (Å²) in [4.78, 5) is 2.46. The van der Waals surface area contributed by atoms with Crippen LogP contribution in [0.4, 0.5) is 5.69 Å². The molecule has 1 aromatic heterocycles. The van der Waals surface area contributed by atoms with Crippen LogP contribution in [0.2, 0.25) is 0 Å². The topological polar surface area (TPSA) is 30.3 Å². The smallest absolute Gasteiger partial charge is 0.150 e. The Morgan fingerprint density at radius 1 is 1.00 bits per heavy atom. The lowest BCUT2D eigenvalue weighted by molar-refractivity contribution is -0.0394. The first-order valence-electron chi connectivity index (χ1n) is 9.14. The first kappa shape index (κ1) is 15.7. The van der Waals surface area contributed by atoms with Crippen molar-refractivity contribution < 1.29 is 4.74 Å². The second kappa shape index (κ2) is 6.98. The SMILES string of the molecule is [CH2]C1CCN(c2ccc(-c3cnn(C4CCCCO4)c3)cc2)CC1. The van der Waals surface area contributed by atoms with E-state index in [1.165, 1.54) is 30.5 Å². The molecule has 127 valence electrons. The van der Waals surface area contributed by atoms with Gasteiger partial charge in [-0.15, -0.1) is 0 Å². The normalized spacial score (nSPS) is 22.7. The molecule has 0 aliphatic carbocycles. The van der Waals surface area contributed by atoms with Crippen LogP contribution < -0.4 is 4.90 Å². The minimum Gasteiger partial charge on any atom is -0.372 e. The number of anilines is 1. The summed E-state index contributed by atoms with van der Waals surface area (Å²) < 4.78 is 7.78. The molecule has 4 rings (SSSR count). The van der Waals surface area contributed by atoms with Crippen molar-refractivity contribution in [2.45, 2.75) is 38.3 Å². The lowest BCUT2D eigenvalue weighted by Crippen LogP contribution is -2.32. The molecule has 4 nitrogen and oxygen atoms in total. The van der Waals surface area contributed by atoms with Gasteiger partial charge in [-0.3, -0.25) is 0 Å². The Bertz CT molecular complexity index is 650. The summed E-state index contributed by atoms with van der Waals surface area (Å²) in [6.07, 6.45) is 9.99. The molecule has 2 aliphatic heterocycles. The van der Waals surface area contributed by atoms with Gasteiger partial charge in [0.15, 0.2) is 0 Å². The van der Waals surface area contributed by atoms with E-state index in [9.17, 15) is 0 Å². The number of hydrogen-bond donors (Lipinski definition) is 0. The van der Waals surface area contributed by atoms with Crippen LogP contribution in [0.15, 0.2) is 36.7 Å². The van der Waals surface area contributed by atoms with Gasteiger partial charge in [0.25, 0.3) is 0 Å². The molecule has 2 aliphatic rings. The van der Waals surface area contributed by atoms with E-state index < -0.39 is 0 Å². The van der Waals surface area contributed by atoms with Gasteiger partial charge in [-0.05, 0) is 55.7 Å². The number of piperidine rings is 1. The molecular weight excluding hydrogens is 298 g/mol. The predicted molar refractivity (Wildman–Crippen MR) is 96.8 cm³/mol. The van der Waals surface area contributed by atoms with Crippen LogP contribution in [0.1, 0.15) is 38.3 Å². The van der Waals surface area contributed by atoms with Crippen LogP contribution >= 0.6 is 0 Å². The first-order chi connectivity index (χ1) is 11.8. The van der Waals surface area contributed by atoms with Gasteiger partial charge >= 0.3 is 0 Å². The summed E-state index contributed by atoms with van der Waals surface area (Å²) in [7, 11) is 0. The third-order valence-electron chi connectivity index (χ3n) is 5.23. The number of benzene rings is 1. The van der Waals surface area contributed by atoms with E-state index in [1.54, 1.807) is 0 Å². The molecule has 2 aromatic rings. The third kappa shape index (κ3) is 3.34. The highest BCUT2D eigenvalue weighted by Gasteiger charge is 2.18. The van der Waals surface area contributed by atoms with E-state index in [4.69, 9.17) is 4.74 Å². The molecule has 1 aromatic carbocycles. The number of hydrogen-bond acceptors (Lipinski definition) is 3. The summed E-state index contributed by atoms with van der Waals surface area (Å²) in [5.41, 5.74) is 3.69. The number of ether oxygens (including phenoxy) is 1. The van der Waals surface area contributed by atoms with Crippen molar-refractivity contribution >= 4 is 5.69 Å². The highest BCUT2D eigenvalue weighted by molar-refractivity contribution is 5.65. The standard InChI is InChI=1S/C20H26N3O/c1-16-9-11-22(12-10-16)19-7-5-17(6-8-19)18-14-21-23(15-18)20-4-2-3-13-24-20/h5-8,14-16,20H,1-4,9-13H2. The minimum absolute atomic E-state index is 0.107. The van der Waals surface area contributed by atoms with E-state index in [2.05, 4.69) is 47.4 Å². The van der Waals surface area contributed by atoms with Crippen LogP contribution in [0, 0.1) is 12.8 Å². The van der Waals surface area contributed by atoms with Crippen LogP contribution in [0.3, 0.4) is 0 Å². The molecule has 2 saturated heterocycles. The van der Waals surface area contributed by atoms with Gasteiger partial charge in [-0.1, -0.05) is 19.1 Å². The quantitative estimate of drug-likeness (QED) is 0.843. The Hall–Kier alpha value is -1.81. The minimum atomic E-state index is 0.107. The van der Waals surface area contributed by atoms with Crippen molar-refractivity contribution in [1.82, 2.24) is 9.78 Å². The third-order valence-corrected chi connectivity index (χ3v) is 5.23. The lowest BCUT2D eigenvalue weighted by atomic mass is 9.98. The van der Waals surface area contributed by atoms with Crippen LogP contribution in [-0.4, -0.2) is 29.5 Å². The largest absolute Gasteiger partial charge is 0.372 e. The van der Waals surface area contributed by atoms with E-state index in [1.807, 2.05) is 10.9 Å². The predicted octanol–water partition coefficient (Wildman–Crippen LogP) is 4.30. The Morgan fingerprint density at radius 3 is 2.50 bits per heavy atom. The summed E-state index contributed by atoms with van der Waals surface area (Å²) in [6.45, 7) is 7.25. The summed E-state index contributed by atoms with van der Waals surface area (Å²) in [6, 6.07) is 8.86. The second-order valence-corrected chi connectivity index (χ2v) is 7.01. The van der Waals surface area contributed by atoms with Crippen molar-refractivity contribution in [2.75, 3.05) is 24.6 Å². The zero-order chi connectivity index (χ0) is 16.4. The molecule has 0 amide bonds. The fourth-order valence-electron chi connectivity index (χ4n) is 3.63. The van der Waals surface area contributed by atoms with Crippen molar-refractivity contribution in [3.05, 3.63) is 43.6 Å². The van der Waals surface area contributed by atoms with Crippen molar-refractivity contribution in [1.29, 1.82) is 0 Å². The van der Waals surface area contributed by atoms with Gasteiger partial charge in [-0.25, -0.2) is 4.68 Å². The Kier molecular flexibility index (Phi) is 4.56. The Labute approximate surface area is 144 Å². The molecule has 2 fully saturated rings. The molecule has 3 heterocycles. The maximum atomic E-state index is 5.81. The van der Waals surface area contributed by atoms with Crippen molar-refractivity contribution in [3.8, 4) is 11.1 Å². The van der Waals surface area contributed by atoms with E-state index in [-0.39, 0.29) is 6.23 Å². The molecule has 0 bridgehead atoms. The molecule has 1 radical (unpaired) electrons. The van der Waals surface area contributed by atoms with Crippen molar-refractivity contribution in [2.24, 2.45) is 5.92 Å². The molecule has 4 heteroatoms. The highest BCUT2D eigenvalue weighted by atomic mass is 16.5. The first-order valence-corrected chi connectivity index (χ1v) is 9.14. The molecule has 24 heavy (non-hydrogen) atoms. The van der Waals surface area contributed by atoms with Crippen molar-refractivity contribution in [3.63, 3.8) is 0 Å². The number of rotatable bonds is 3. The zero-order valence-electron chi connectivity index (χ0n) is 14.2. The molecule has 0 saturated carbocycles. The molecule has 0 N–H and O–H groups in total. The number of aromatic nitrogens is 2. The summed E-state index contributed by atoms with van der Waals surface area (Å²) >= 11 is 0. The Morgan fingerprint density at radius 2 is 1.79 bits per heavy atom. The van der Waals surface area contributed by atoms with Gasteiger partial charge in [0, 0.05) is 37.1 Å². The van der Waals surface area contributed by atoms with E-state index in [0.717, 1.165) is 38.1 Å². The van der Waals surface area contributed by atoms with Gasteiger partial charge in [0.05, 0.1) is 6.20 Å². The van der Waals surface area contributed by atoms with E-state index in [0.29, 0.717) is 5.92 Å². The van der Waals surface area contributed by atoms with Gasteiger partial charge < -0.3 is 9.64 Å². The lowest BCUT2D eigenvalue weighted by Gasteiger charge is -2.32. The van der Waals surface area contributed by atoms with Gasteiger partial charge in [-0.2, -0.15) is 5.10 Å². The van der Waals surface area contributed by atoms with Crippen LogP contribution in [0.5, 0.6) is 0 Å². The molecule has 1 atom stereocenters. The molecular formula is C20H26N3O. The zero-order valence-corrected chi connectivity index (χ0v) is 14.2. The highest BCUT2D eigenvalue weighted by Crippen LogP contribution is 2.28. The van der Waals surface area contributed by atoms with Crippen LogP contribution in [0.25, 0.3) is 11.1 Å². The average Bonchev–Trinajstić information content (AvgIpc) is 3.13. The summed E-state index contributed by atoms with van der Waals surface area (Å²) in [5, 5.41) is 4.51. The Balaban J connectivity index is 1.46. The number of nitrogens with zero attached hydrogens (tertiary/aromatic N) is 3. The average molecular weight is 324 g/mol. The van der Waals surface area contributed by atoms with Crippen LogP contribution in [-0.2, 0) is 4.74 Å². The maximum absolute atomic E-state index is 5.81. The van der Waals surface area contributed by atoms with Gasteiger partial charge in [0.1, 0.15) is 6.23 Å². The molecule has 1 unspecified atom stereocenters. The van der Waals surface area contributed by atoms with Gasteiger partial charge in [0.2, 0.25) is 0 Å². The fraction of sp³-hybridized carbons (Fsp3) is 0.500. The van der Waals surface area contributed by atoms with E-state index >= 15 is 0 Å². The molecule has 0 spiro atoms. The summed E-state index contributed by atoms with van der Waals surface area (Å²) in [5.74, 6) is 0.619. The maximum Gasteiger partial charge on any atom is 0.150 e. The fourth-order valence-corrected chi connectivity index (χ4v) is 3.63. The monoisotopic (exact) mass is 324 g/mol. The second-order valence-electron chi connectivity index (χ2n) is 7.01.